The Bertz CT molecular complexity index is 339. The van der Waals surface area contributed by atoms with Gasteiger partial charge >= 0.3 is 18.0 Å². The number of carbonyl (C=O) groups is 3. The van der Waals surface area contributed by atoms with Crippen molar-refractivity contribution in [3.05, 3.63) is 0 Å². The Balaban J connectivity index is 2.09. The van der Waals surface area contributed by atoms with Gasteiger partial charge in [0.2, 0.25) is 0 Å². The van der Waals surface area contributed by atoms with Gasteiger partial charge in [0.05, 0.1) is 5.92 Å². The SMILES string of the molecule is CN(C)C(=O)NCCNC(=O)N1CC(C(=O)O)C1. The van der Waals surface area contributed by atoms with Gasteiger partial charge in [-0.25, -0.2) is 9.59 Å². The second-order valence-electron chi connectivity index (χ2n) is 4.30. The van der Waals surface area contributed by atoms with Crippen molar-refractivity contribution < 1.29 is 19.5 Å². The van der Waals surface area contributed by atoms with Gasteiger partial charge in [-0.1, -0.05) is 0 Å². The summed E-state index contributed by atoms with van der Waals surface area (Å²) < 4.78 is 0. The molecule has 0 aliphatic carbocycles. The number of rotatable bonds is 4. The molecule has 0 spiro atoms. The number of carbonyl (C=O) groups excluding carboxylic acids is 2. The third-order valence-corrected chi connectivity index (χ3v) is 2.60. The molecule has 0 atom stereocenters. The number of nitrogens with one attached hydrogen (secondary N) is 2. The Morgan fingerprint density at radius 1 is 1.22 bits per heavy atom. The molecule has 0 aromatic carbocycles. The molecule has 0 aromatic heterocycles. The minimum absolute atomic E-state index is 0.223. The first-order valence-corrected chi connectivity index (χ1v) is 5.62. The highest BCUT2D eigenvalue weighted by atomic mass is 16.4. The van der Waals surface area contributed by atoms with E-state index in [4.69, 9.17) is 5.11 Å². The van der Waals surface area contributed by atoms with E-state index in [1.807, 2.05) is 0 Å². The zero-order chi connectivity index (χ0) is 13.7. The summed E-state index contributed by atoms with van der Waals surface area (Å²) in [6, 6.07) is -0.522. The molecule has 0 unspecified atom stereocenters. The first-order valence-electron chi connectivity index (χ1n) is 5.62. The summed E-state index contributed by atoms with van der Waals surface area (Å²) in [5.74, 6) is -1.33. The third kappa shape index (κ3) is 3.79. The number of hydrogen-bond donors (Lipinski definition) is 3. The fraction of sp³-hybridized carbons (Fsp3) is 0.700. The minimum atomic E-state index is -0.878. The van der Waals surface area contributed by atoms with E-state index in [0.717, 1.165) is 0 Å². The van der Waals surface area contributed by atoms with Gasteiger partial charge in [-0.05, 0) is 0 Å². The highest BCUT2D eigenvalue weighted by Gasteiger charge is 2.35. The summed E-state index contributed by atoms with van der Waals surface area (Å²) in [5.41, 5.74) is 0. The fourth-order valence-electron chi connectivity index (χ4n) is 1.41. The maximum absolute atomic E-state index is 11.5. The van der Waals surface area contributed by atoms with Crippen LogP contribution in [0.5, 0.6) is 0 Å². The molecule has 0 aromatic rings. The summed E-state index contributed by atoms with van der Waals surface area (Å²) in [5, 5.41) is 13.8. The van der Waals surface area contributed by atoms with E-state index < -0.39 is 11.9 Å². The van der Waals surface area contributed by atoms with E-state index in [2.05, 4.69) is 10.6 Å². The lowest BCUT2D eigenvalue weighted by molar-refractivity contribution is -0.146. The first kappa shape index (κ1) is 14.1. The highest BCUT2D eigenvalue weighted by molar-refractivity contribution is 5.79. The predicted molar refractivity (Wildman–Crippen MR) is 63.2 cm³/mol. The van der Waals surface area contributed by atoms with Crippen molar-refractivity contribution in [3.8, 4) is 0 Å². The molecule has 8 nitrogen and oxygen atoms in total. The highest BCUT2D eigenvalue weighted by Crippen LogP contribution is 2.14. The van der Waals surface area contributed by atoms with E-state index in [-0.39, 0.29) is 25.2 Å². The van der Waals surface area contributed by atoms with Gasteiger partial charge < -0.3 is 25.5 Å². The van der Waals surface area contributed by atoms with Crippen molar-refractivity contribution in [3.63, 3.8) is 0 Å². The quantitative estimate of drug-likeness (QED) is 0.562. The van der Waals surface area contributed by atoms with Gasteiger partial charge in [0.25, 0.3) is 0 Å². The van der Waals surface area contributed by atoms with Crippen molar-refractivity contribution in [1.29, 1.82) is 0 Å². The number of urea groups is 2. The summed E-state index contributed by atoms with van der Waals surface area (Å²) in [6.07, 6.45) is 0. The number of aliphatic carboxylic acids is 1. The van der Waals surface area contributed by atoms with Gasteiger partial charge in [-0.15, -0.1) is 0 Å². The molecule has 1 rings (SSSR count). The van der Waals surface area contributed by atoms with E-state index in [9.17, 15) is 14.4 Å². The zero-order valence-corrected chi connectivity index (χ0v) is 10.5. The number of carboxylic acids is 1. The van der Waals surface area contributed by atoms with Gasteiger partial charge in [-0.2, -0.15) is 0 Å². The van der Waals surface area contributed by atoms with E-state index >= 15 is 0 Å². The first-order chi connectivity index (χ1) is 8.41. The lowest BCUT2D eigenvalue weighted by atomic mass is 10.0. The second-order valence-corrected chi connectivity index (χ2v) is 4.30. The minimum Gasteiger partial charge on any atom is -0.481 e. The molecule has 1 aliphatic rings. The number of nitrogens with zero attached hydrogens (tertiary/aromatic N) is 2. The molecule has 8 heteroatoms. The average Bonchev–Trinajstić information content (AvgIpc) is 2.21. The number of amides is 4. The zero-order valence-electron chi connectivity index (χ0n) is 10.5. The maximum atomic E-state index is 11.5. The molecule has 1 aliphatic heterocycles. The number of hydrogen-bond acceptors (Lipinski definition) is 3. The molecule has 0 saturated carbocycles. The monoisotopic (exact) mass is 258 g/mol. The largest absolute Gasteiger partial charge is 0.481 e. The molecule has 0 bridgehead atoms. The molecule has 3 N–H and O–H groups in total. The van der Waals surface area contributed by atoms with Gasteiger partial charge in [0, 0.05) is 40.3 Å². The van der Waals surface area contributed by atoms with Crippen molar-refractivity contribution >= 4 is 18.0 Å². The summed E-state index contributed by atoms with van der Waals surface area (Å²) in [6.45, 7) is 1.13. The molecule has 1 fully saturated rings. The van der Waals surface area contributed by atoms with E-state index in [0.29, 0.717) is 13.1 Å². The van der Waals surface area contributed by atoms with Crippen LogP contribution in [0.3, 0.4) is 0 Å². The standard InChI is InChI=1S/C10H18N4O4/c1-13(2)9(17)11-3-4-12-10(18)14-5-7(6-14)8(15)16/h7H,3-6H2,1-2H3,(H,11,17)(H,12,18)(H,15,16). The molecule has 102 valence electrons. The normalized spacial score (nSPS) is 14.7. The summed E-state index contributed by atoms with van der Waals surface area (Å²) in [4.78, 5) is 36.0. The number of likely N-dealkylation sites (tertiary alicyclic amines) is 1. The molecular formula is C10H18N4O4. The van der Waals surface area contributed by atoms with Crippen molar-refractivity contribution in [2.75, 3.05) is 40.3 Å². The maximum Gasteiger partial charge on any atom is 0.317 e. The molecule has 4 amide bonds. The van der Waals surface area contributed by atoms with Crippen LogP contribution in [0.15, 0.2) is 0 Å². The van der Waals surface area contributed by atoms with E-state index in [1.165, 1.54) is 9.80 Å². The number of carboxylic acid groups (broad SMARTS) is 1. The Kier molecular flexibility index (Phi) is 4.75. The molecule has 0 radical (unpaired) electrons. The third-order valence-electron chi connectivity index (χ3n) is 2.60. The Hall–Kier alpha value is -1.99. The van der Waals surface area contributed by atoms with Gasteiger partial charge in [-0.3, -0.25) is 4.79 Å². The van der Waals surface area contributed by atoms with Gasteiger partial charge in [0.15, 0.2) is 0 Å². The van der Waals surface area contributed by atoms with Crippen LogP contribution in [-0.4, -0.2) is 73.2 Å². The van der Waals surface area contributed by atoms with Crippen LogP contribution < -0.4 is 10.6 Å². The Morgan fingerprint density at radius 2 is 1.78 bits per heavy atom. The molecular weight excluding hydrogens is 240 g/mol. The van der Waals surface area contributed by atoms with Crippen LogP contribution in [0.2, 0.25) is 0 Å². The van der Waals surface area contributed by atoms with Crippen LogP contribution >= 0.6 is 0 Å². The summed E-state index contributed by atoms with van der Waals surface area (Å²) in [7, 11) is 3.25. The van der Waals surface area contributed by atoms with Gasteiger partial charge in [0.1, 0.15) is 0 Å². The fourth-order valence-corrected chi connectivity index (χ4v) is 1.41. The second kappa shape index (κ2) is 6.08. The van der Waals surface area contributed by atoms with Crippen LogP contribution in [0, 0.1) is 5.92 Å². The smallest absolute Gasteiger partial charge is 0.317 e. The topological polar surface area (TPSA) is 102 Å². The van der Waals surface area contributed by atoms with Crippen molar-refractivity contribution in [2.24, 2.45) is 5.92 Å². The van der Waals surface area contributed by atoms with Crippen LogP contribution in [0.4, 0.5) is 9.59 Å². The Morgan fingerprint density at radius 3 is 2.28 bits per heavy atom. The molecule has 18 heavy (non-hydrogen) atoms. The lowest BCUT2D eigenvalue weighted by Gasteiger charge is -2.36. The molecule has 1 heterocycles. The molecule has 1 saturated heterocycles. The van der Waals surface area contributed by atoms with Crippen LogP contribution in [-0.2, 0) is 4.79 Å². The van der Waals surface area contributed by atoms with Crippen LogP contribution in [0.25, 0.3) is 0 Å². The average molecular weight is 258 g/mol. The Labute approximate surface area is 105 Å². The lowest BCUT2D eigenvalue weighted by Crippen LogP contribution is -2.56. The summed E-state index contributed by atoms with van der Waals surface area (Å²) >= 11 is 0. The van der Waals surface area contributed by atoms with Crippen molar-refractivity contribution in [2.45, 2.75) is 0 Å². The van der Waals surface area contributed by atoms with Crippen LogP contribution in [0.1, 0.15) is 0 Å². The van der Waals surface area contributed by atoms with Crippen molar-refractivity contribution in [1.82, 2.24) is 20.4 Å². The van der Waals surface area contributed by atoms with E-state index in [1.54, 1.807) is 14.1 Å². The predicted octanol–water partition coefficient (Wildman–Crippen LogP) is -1.02.